The van der Waals surface area contributed by atoms with Crippen molar-refractivity contribution in [3.05, 3.63) is 53.7 Å². The Hall–Kier alpha value is -2.89. The molecule has 0 saturated carbocycles. The summed E-state index contributed by atoms with van der Waals surface area (Å²) < 4.78 is 1.61. The number of phenols is 1. The van der Waals surface area contributed by atoms with Crippen LogP contribution in [0.15, 0.2) is 42.6 Å². The lowest BCUT2D eigenvalue weighted by Gasteiger charge is -2.00. The number of phenolic OH excluding ortho intramolecular Hbond substituents is 1. The van der Waals surface area contributed by atoms with Crippen LogP contribution in [0.2, 0.25) is 0 Å². The van der Waals surface area contributed by atoms with Gasteiger partial charge in [-0.2, -0.15) is 4.98 Å². The number of hydrogen-bond donors (Lipinski definition) is 2. The van der Waals surface area contributed by atoms with Gasteiger partial charge >= 0.3 is 0 Å². The topological polar surface area (TPSA) is 79.5 Å². The van der Waals surface area contributed by atoms with E-state index >= 15 is 0 Å². The summed E-state index contributed by atoms with van der Waals surface area (Å²) in [6.45, 7) is 1.95. The van der Waals surface area contributed by atoms with Gasteiger partial charge in [0.1, 0.15) is 5.75 Å². The number of aromatic nitrogens is 3. The molecule has 0 saturated heterocycles. The maximum Gasteiger partial charge on any atom is 0.258 e. The zero-order valence-corrected chi connectivity index (χ0v) is 10.7. The molecule has 3 rings (SSSR count). The van der Waals surface area contributed by atoms with E-state index in [0.29, 0.717) is 11.2 Å². The molecule has 0 bridgehead atoms. The van der Waals surface area contributed by atoms with Crippen molar-refractivity contribution in [3.8, 4) is 5.75 Å². The van der Waals surface area contributed by atoms with Crippen LogP contribution in [0.1, 0.15) is 15.9 Å². The lowest BCUT2D eigenvalue weighted by molar-refractivity contribution is 0.102. The van der Waals surface area contributed by atoms with Gasteiger partial charge in [-0.25, -0.2) is 4.52 Å². The molecular formula is C14H12N4O2. The van der Waals surface area contributed by atoms with Crippen LogP contribution >= 0.6 is 0 Å². The number of hydrogen-bond acceptors (Lipinski definition) is 4. The Morgan fingerprint density at radius 1 is 1.20 bits per heavy atom. The molecular weight excluding hydrogens is 256 g/mol. The summed E-state index contributed by atoms with van der Waals surface area (Å²) in [5.41, 5.74) is 2.15. The summed E-state index contributed by atoms with van der Waals surface area (Å²) in [7, 11) is 0. The average molecular weight is 268 g/mol. The summed E-state index contributed by atoms with van der Waals surface area (Å²) in [5.74, 6) is 0.0363. The molecule has 2 N–H and O–H groups in total. The normalized spacial score (nSPS) is 10.7. The van der Waals surface area contributed by atoms with Gasteiger partial charge < -0.3 is 5.11 Å². The first-order valence-corrected chi connectivity index (χ1v) is 6.05. The Labute approximate surface area is 114 Å². The maximum absolute atomic E-state index is 12.0. The van der Waals surface area contributed by atoms with Crippen molar-refractivity contribution >= 4 is 17.5 Å². The van der Waals surface area contributed by atoms with E-state index < -0.39 is 0 Å². The fourth-order valence-corrected chi connectivity index (χ4v) is 1.83. The molecule has 1 amide bonds. The second-order valence-corrected chi connectivity index (χ2v) is 4.45. The molecule has 3 aromatic rings. The van der Waals surface area contributed by atoms with Crippen LogP contribution in [0.5, 0.6) is 5.75 Å². The third-order valence-corrected chi connectivity index (χ3v) is 2.83. The van der Waals surface area contributed by atoms with E-state index in [1.807, 2.05) is 25.3 Å². The third kappa shape index (κ3) is 2.31. The quantitative estimate of drug-likeness (QED) is 0.745. The second kappa shape index (κ2) is 4.65. The molecule has 20 heavy (non-hydrogen) atoms. The SMILES string of the molecule is Cc1ccc2nc(NC(=O)c3ccc(O)cc3)nn2c1. The van der Waals surface area contributed by atoms with E-state index in [9.17, 15) is 9.90 Å². The molecule has 0 aliphatic heterocycles. The number of aromatic hydroxyl groups is 1. The Kier molecular flexibility index (Phi) is 2.83. The van der Waals surface area contributed by atoms with E-state index in [2.05, 4.69) is 15.4 Å². The molecule has 0 spiro atoms. The zero-order valence-electron chi connectivity index (χ0n) is 10.7. The maximum atomic E-state index is 12.0. The summed E-state index contributed by atoms with van der Waals surface area (Å²) in [6.07, 6.45) is 1.83. The van der Waals surface area contributed by atoms with Crippen LogP contribution in [-0.4, -0.2) is 25.6 Å². The second-order valence-electron chi connectivity index (χ2n) is 4.45. The van der Waals surface area contributed by atoms with Crippen molar-refractivity contribution < 1.29 is 9.90 Å². The molecule has 0 aliphatic carbocycles. The first-order chi connectivity index (χ1) is 9.61. The number of fused-ring (bicyclic) bond motifs is 1. The number of aryl methyl sites for hydroxylation is 1. The monoisotopic (exact) mass is 268 g/mol. The molecule has 1 aromatic carbocycles. The molecule has 6 heteroatoms. The molecule has 2 aromatic heterocycles. The molecule has 2 heterocycles. The van der Waals surface area contributed by atoms with Gasteiger partial charge in [0.15, 0.2) is 5.65 Å². The lowest BCUT2D eigenvalue weighted by atomic mass is 10.2. The average Bonchev–Trinajstić information content (AvgIpc) is 2.80. The van der Waals surface area contributed by atoms with Gasteiger partial charge in [0, 0.05) is 11.8 Å². The summed E-state index contributed by atoms with van der Waals surface area (Å²) in [6, 6.07) is 9.73. The molecule has 6 nitrogen and oxygen atoms in total. The summed E-state index contributed by atoms with van der Waals surface area (Å²) >= 11 is 0. The Balaban J connectivity index is 1.85. The summed E-state index contributed by atoms with van der Waals surface area (Å²) in [5, 5.41) is 16.0. The highest BCUT2D eigenvalue weighted by Gasteiger charge is 2.10. The highest BCUT2D eigenvalue weighted by atomic mass is 16.3. The largest absolute Gasteiger partial charge is 0.508 e. The summed E-state index contributed by atoms with van der Waals surface area (Å²) in [4.78, 5) is 16.2. The van der Waals surface area contributed by atoms with E-state index in [1.165, 1.54) is 24.3 Å². The molecule has 0 unspecified atom stereocenters. The molecule has 100 valence electrons. The predicted molar refractivity (Wildman–Crippen MR) is 73.8 cm³/mol. The Morgan fingerprint density at radius 2 is 1.95 bits per heavy atom. The van der Waals surface area contributed by atoms with E-state index in [4.69, 9.17) is 0 Å². The van der Waals surface area contributed by atoms with Crippen LogP contribution < -0.4 is 5.32 Å². The van der Waals surface area contributed by atoms with Crippen molar-refractivity contribution in [2.75, 3.05) is 5.32 Å². The van der Waals surface area contributed by atoms with Gasteiger partial charge in [0.05, 0.1) is 0 Å². The third-order valence-electron chi connectivity index (χ3n) is 2.83. The van der Waals surface area contributed by atoms with Crippen LogP contribution in [0.4, 0.5) is 5.95 Å². The Bertz CT molecular complexity index is 777. The number of carbonyl (C=O) groups excluding carboxylic acids is 1. The number of pyridine rings is 1. The lowest BCUT2D eigenvalue weighted by Crippen LogP contribution is -2.12. The van der Waals surface area contributed by atoms with Crippen molar-refractivity contribution in [3.63, 3.8) is 0 Å². The van der Waals surface area contributed by atoms with Crippen LogP contribution in [0.25, 0.3) is 5.65 Å². The standard InChI is InChI=1S/C14H12N4O2/c1-9-2-7-12-15-14(17-18(12)8-9)16-13(20)10-3-5-11(19)6-4-10/h2-8,19H,1H3,(H,16,17,20). The number of anilines is 1. The first kappa shape index (κ1) is 12.2. The number of nitrogens with zero attached hydrogens (tertiary/aromatic N) is 3. The van der Waals surface area contributed by atoms with E-state index in [-0.39, 0.29) is 17.6 Å². The van der Waals surface area contributed by atoms with Crippen LogP contribution in [0, 0.1) is 6.92 Å². The predicted octanol–water partition coefficient (Wildman–Crippen LogP) is 2.00. The first-order valence-electron chi connectivity index (χ1n) is 6.05. The van der Waals surface area contributed by atoms with Gasteiger partial charge in [-0.15, -0.1) is 5.10 Å². The minimum Gasteiger partial charge on any atom is -0.508 e. The van der Waals surface area contributed by atoms with E-state index in [1.54, 1.807) is 4.52 Å². The van der Waals surface area contributed by atoms with Crippen LogP contribution in [0.3, 0.4) is 0 Å². The van der Waals surface area contributed by atoms with Crippen molar-refractivity contribution in [1.29, 1.82) is 0 Å². The minimum absolute atomic E-state index is 0.114. The number of carbonyl (C=O) groups is 1. The van der Waals surface area contributed by atoms with Crippen molar-refractivity contribution in [2.24, 2.45) is 0 Å². The van der Waals surface area contributed by atoms with Gasteiger partial charge in [-0.1, -0.05) is 6.07 Å². The fourth-order valence-electron chi connectivity index (χ4n) is 1.83. The number of amides is 1. The molecule has 0 fully saturated rings. The molecule has 0 aliphatic rings. The minimum atomic E-state index is -0.322. The highest BCUT2D eigenvalue weighted by molar-refractivity contribution is 6.03. The molecule has 0 radical (unpaired) electrons. The van der Waals surface area contributed by atoms with Gasteiger partial charge in [-0.3, -0.25) is 10.1 Å². The fraction of sp³-hybridized carbons (Fsp3) is 0.0714. The highest BCUT2D eigenvalue weighted by Crippen LogP contribution is 2.12. The van der Waals surface area contributed by atoms with Gasteiger partial charge in [0.25, 0.3) is 5.91 Å². The van der Waals surface area contributed by atoms with Gasteiger partial charge in [-0.05, 0) is 42.8 Å². The van der Waals surface area contributed by atoms with Crippen molar-refractivity contribution in [1.82, 2.24) is 14.6 Å². The zero-order chi connectivity index (χ0) is 14.1. The number of nitrogens with one attached hydrogen (secondary N) is 1. The van der Waals surface area contributed by atoms with Crippen LogP contribution in [-0.2, 0) is 0 Å². The van der Waals surface area contributed by atoms with Crippen molar-refractivity contribution in [2.45, 2.75) is 6.92 Å². The number of rotatable bonds is 2. The van der Waals surface area contributed by atoms with E-state index in [0.717, 1.165) is 5.56 Å². The molecule has 0 atom stereocenters. The number of benzene rings is 1. The smallest absolute Gasteiger partial charge is 0.258 e. The van der Waals surface area contributed by atoms with Gasteiger partial charge in [0.2, 0.25) is 5.95 Å². The Morgan fingerprint density at radius 3 is 2.70 bits per heavy atom.